The van der Waals surface area contributed by atoms with Crippen molar-refractivity contribution >= 4 is 11.7 Å². The van der Waals surface area contributed by atoms with Crippen molar-refractivity contribution in [1.29, 1.82) is 0 Å². The first-order valence-electron chi connectivity index (χ1n) is 5.23. The highest BCUT2D eigenvalue weighted by Gasteiger charge is 2.13. The minimum atomic E-state index is -0.541. The van der Waals surface area contributed by atoms with E-state index in [2.05, 4.69) is 34.8 Å². The highest BCUT2D eigenvalue weighted by Crippen LogP contribution is 2.13. The molecule has 0 aliphatic carbocycles. The van der Waals surface area contributed by atoms with Gasteiger partial charge in [-0.15, -0.1) is 4.37 Å². The smallest absolute Gasteiger partial charge is 0.248 e. The molecule has 0 amide bonds. The van der Waals surface area contributed by atoms with E-state index in [4.69, 9.17) is 4.74 Å². The van der Waals surface area contributed by atoms with Crippen LogP contribution in [0.4, 0.5) is 0 Å². The fourth-order valence-electron chi connectivity index (χ4n) is 1.01. The van der Waals surface area contributed by atoms with Crippen molar-refractivity contribution in [2.24, 2.45) is 0 Å². The predicted octanol–water partition coefficient (Wildman–Crippen LogP) is 0.974. The molecule has 1 aromatic rings. The first-order valence-corrected chi connectivity index (χ1v) is 5.96. The van der Waals surface area contributed by atoms with E-state index in [0.29, 0.717) is 12.4 Å². The summed E-state index contributed by atoms with van der Waals surface area (Å²) in [5.41, 5.74) is 0.764. The van der Waals surface area contributed by atoms with Gasteiger partial charge < -0.3 is 15.2 Å². The lowest BCUT2D eigenvalue weighted by molar-refractivity contribution is 0.0978. The van der Waals surface area contributed by atoms with Gasteiger partial charge in [-0.25, -0.2) is 0 Å². The van der Waals surface area contributed by atoms with Gasteiger partial charge in [0.15, 0.2) is 0 Å². The Balaban J connectivity index is 2.25. The van der Waals surface area contributed by atoms with E-state index in [1.54, 1.807) is 0 Å². The number of nitrogens with one attached hydrogen (secondary N) is 1. The molecule has 0 spiro atoms. The molecule has 2 N–H and O–H groups in total. The number of hydrogen-bond acceptors (Lipinski definition) is 6. The van der Waals surface area contributed by atoms with Gasteiger partial charge in [0.05, 0.1) is 11.7 Å². The van der Waals surface area contributed by atoms with Crippen LogP contribution in [0.15, 0.2) is 0 Å². The molecule has 1 atom stereocenters. The quantitative estimate of drug-likeness (QED) is 0.809. The Kier molecular flexibility index (Phi) is 4.64. The molecule has 1 rings (SSSR count). The average Bonchev–Trinajstić information content (AvgIpc) is 2.57. The Hall–Kier alpha value is -0.720. The van der Waals surface area contributed by atoms with Crippen LogP contribution in [-0.4, -0.2) is 38.6 Å². The molecule has 0 saturated carbocycles. The van der Waals surface area contributed by atoms with Crippen LogP contribution >= 0.6 is 11.7 Å². The Labute approximate surface area is 100 Å². The van der Waals surface area contributed by atoms with Crippen LogP contribution in [0.2, 0.25) is 0 Å². The molecule has 16 heavy (non-hydrogen) atoms. The average molecular weight is 245 g/mol. The third-order valence-corrected chi connectivity index (χ3v) is 2.49. The van der Waals surface area contributed by atoms with Crippen molar-refractivity contribution in [2.75, 3.05) is 13.2 Å². The number of nitrogens with zero attached hydrogens (tertiary/aromatic N) is 2. The molecule has 5 nitrogen and oxygen atoms in total. The summed E-state index contributed by atoms with van der Waals surface area (Å²) in [6.07, 6.45) is -0.541. The second kappa shape index (κ2) is 5.56. The lowest BCUT2D eigenvalue weighted by atomic mass is 10.1. The molecule has 0 fully saturated rings. The molecule has 0 aliphatic heterocycles. The number of aliphatic hydroxyl groups is 1. The largest absolute Gasteiger partial charge is 0.473 e. The van der Waals surface area contributed by atoms with E-state index < -0.39 is 6.10 Å². The van der Waals surface area contributed by atoms with Crippen LogP contribution in [-0.2, 0) is 0 Å². The summed E-state index contributed by atoms with van der Waals surface area (Å²) in [5.74, 6) is 0.514. The Morgan fingerprint density at radius 2 is 2.12 bits per heavy atom. The number of aromatic nitrogens is 2. The van der Waals surface area contributed by atoms with Gasteiger partial charge in [-0.2, -0.15) is 4.37 Å². The van der Waals surface area contributed by atoms with Gasteiger partial charge in [0.2, 0.25) is 5.88 Å². The maximum atomic E-state index is 9.67. The van der Waals surface area contributed by atoms with Crippen molar-refractivity contribution < 1.29 is 9.84 Å². The van der Waals surface area contributed by atoms with Crippen molar-refractivity contribution in [3.8, 4) is 5.88 Å². The second-order valence-corrected chi connectivity index (χ2v) is 5.28. The molecule has 0 aromatic carbocycles. The van der Waals surface area contributed by atoms with Crippen LogP contribution in [0.3, 0.4) is 0 Å². The number of aryl methyl sites for hydroxylation is 1. The molecular formula is C10H19N3O2S. The number of rotatable bonds is 5. The summed E-state index contributed by atoms with van der Waals surface area (Å²) in [5, 5.41) is 12.9. The van der Waals surface area contributed by atoms with E-state index in [1.165, 1.54) is 0 Å². The molecule has 1 aromatic heterocycles. The van der Waals surface area contributed by atoms with Gasteiger partial charge in [0.1, 0.15) is 18.4 Å². The number of ether oxygens (including phenoxy) is 1. The van der Waals surface area contributed by atoms with Crippen LogP contribution in [0, 0.1) is 6.92 Å². The standard InChI is InChI=1S/C10H19N3O2S/c1-7-9(13-16-12-7)15-6-8(14)5-11-10(2,3)4/h8,11,14H,5-6H2,1-4H3. The molecule has 92 valence electrons. The fraction of sp³-hybridized carbons (Fsp3) is 0.800. The summed E-state index contributed by atoms with van der Waals surface area (Å²) in [6, 6.07) is 0. The van der Waals surface area contributed by atoms with Gasteiger partial charge in [-0.05, 0) is 27.7 Å². The molecule has 6 heteroatoms. The van der Waals surface area contributed by atoms with E-state index >= 15 is 0 Å². The minimum Gasteiger partial charge on any atom is -0.473 e. The number of hydrogen-bond donors (Lipinski definition) is 2. The SMILES string of the molecule is Cc1nsnc1OCC(O)CNC(C)(C)C. The zero-order chi connectivity index (χ0) is 12.2. The zero-order valence-electron chi connectivity index (χ0n) is 10.1. The maximum absolute atomic E-state index is 9.67. The Bertz CT molecular complexity index is 322. The van der Waals surface area contributed by atoms with Gasteiger partial charge in [0.25, 0.3) is 0 Å². The van der Waals surface area contributed by atoms with Gasteiger partial charge in [-0.3, -0.25) is 0 Å². The summed E-state index contributed by atoms with van der Waals surface area (Å²) < 4.78 is 13.3. The molecule has 0 aliphatic rings. The molecule has 0 saturated heterocycles. The van der Waals surface area contributed by atoms with Crippen molar-refractivity contribution in [3.63, 3.8) is 0 Å². The monoisotopic (exact) mass is 245 g/mol. The molecule has 0 radical (unpaired) electrons. The molecular weight excluding hydrogens is 226 g/mol. The lowest BCUT2D eigenvalue weighted by Gasteiger charge is -2.22. The van der Waals surface area contributed by atoms with Gasteiger partial charge >= 0.3 is 0 Å². The minimum absolute atomic E-state index is 0.000910. The van der Waals surface area contributed by atoms with Crippen molar-refractivity contribution in [2.45, 2.75) is 39.3 Å². The summed E-state index contributed by atoms with van der Waals surface area (Å²) in [7, 11) is 0. The van der Waals surface area contributed by atoms with Crippen molar-refractivity contribution in [3.05, 3.63) is 5.69 Å². The van der Waals surface area contributed by atoms with Crippen LogP contribution in [0.5, 0.6) is 5.88 Å². The predicted molar refractivity (Wildman–Crippen MR) is 63.9 cm³/mol. The number of β-amino-alcohol motifs (C(OH)–C–C–N with tert-alkyl or cyclic N) is 1. The van der Waals surface area contributed by atoms with Crippen LogP contribution in [0.1, 0.15) is 26.5 Å². The van der Waals surface area contributed by atoms with Gasteiger partial charge in [-0.1, -0.05) is 0 Å². The Morgan fingerprint density at radius 3 is 2.62 bits per heavy atom. The van der Waals surface area contributed by atoms with Crippen LogP contribution in [0.25, 0.3) is 0 Å². The summed E-state index contributed by atoms with van der Waals surface area (Å²) in [4.78, 5) is 0. The molecule has 1 heterocycles. The van der Waals surface area contributed by atoms with E-state index in [-0.39, 0.29) is 12.1 Å². The second-order valence-electron chi connectivity index (χ2n) is 4.75. The highest BCUT2D eigenvalue weighted by atomic mass is 32.1. The third kappa shape index (κ3) is 4.87. The lowest BCUT2D eigenvalue weighted by Crippen LogP contribution is -2.42. The maximum Gasteiger partial charge on any atom is 0.248 e. The van der Waals surface area contributed by atoms with Crippen LogP contribution < -0.4 is 10.1 Å². The third-order valence-electron chi connectivity index (χ3n) is 1.89. The molecule has 1 unspecified atom stereocenters. The topological polar surface area (TPSA) is 67.3 Å². The Morgan fingerprint density at radius 1 is 1.44 bits per heavy atom. The normalized spacial score (nSPS) is 13.8. The van der Waals surface area contributed by atoms with Crippen molar-refractivity contribution in [1.82, 2.24) is 14.1 Å². The fourth-order valence-corrected chi connectivity index (χ4v) is 1.51. The zero-order valence-corrected chi connectivity index (χ0v) is 11.0. The van der Waals surface area contributed by atoms with E-state index in [1.807, 2.05) is 6.92 Å². The first-order chi connectivity index (χ1) is 7.38. The highest BCUT2D eigenvalue weighted by molar-refractivity contribution is 6.99. The first kappa shape index (κ1) is 13.3. The van der Waals surface area contributed by atoms with E-state index in [9.17, 15) is 5.11 Å². The number of aliphatic hydroxyl groups excluding tert-OH is 1. The summed E-state index contributed by atoms with van der Waals surface area (Å²) in [6.45, 7) is 8.72. The summed E-state index contributed by atoms with van der Waals surface area (Å²) >= 11 is 1.11. The van der Waals surface area contributed by atoms with Gasteiger partial charge in [0, 0.05) is 12.1 Å². The van der Waals surface area contributed by atoms with E-state index in [0.717, 1.165) is 17.4 Å². The molecule has 0 bridgehead atoms.